The predicted octanol–water partition coefficient (Wildman–Crippen LogP) is 5.03. The van der Waals surface area contributed by atoms with Crippen LogP contribution in [0.1, 0.15) is 92.9 Å². The van der Waals surface area contributed by atoms with Crippen molar-refractivity contribution in [3.63, 3.8) is 0 Å². The molecular weight excluding hydrogens is 420 g/mol. The summed E-state index contributed by atoms with van der Waals surface area (Å²) in [5.74, 6) is -1.11. The van der Waals surface area contributed by atoms with Gasteiger partial charge >= 0.3 is 11.9 Å². The Kier molecular flexibility index (Phi) is 5.31. The Bertz CT molecular complexity index is 812. The highest BCUT2D eigenvalue weighted by Gasteiger charge is 2.81. The average molecular weight is 463 g/mol. The number of carbonyl (C=O) groups is 2. The van der Waals surface area contributed by atoms with E-state index in [1.54, 1.807) is 13.8 Å². The van der Waals surface area contributed by atoms with E-state index in [4.69, 9.17) is 18.9 Å². The van der Waals surface area contributed by atoms with E-state index in [9.17, 15) is 9.59 Å². The first-order valence-corrected chi connectivity index (χ1v) is 13.2. The Labute approximate surface area is 198 Å². The third-order valence-corrected chi connectivity index (χ3v) is 11.0. The summed E-state index contributed by atoms with van der Waals surface area (Å²) in [6.07, 6.45) is 7.37. The zero-order valence-electron chi connectivity index (χ0n) is 21.3. The lowest BCUT2D eigenvalue weighted by Gasteiger charge is -2.46. The first kappa shape index (κ1) is 23.6. The summed E-state index contributed by atoms with van der Waals surface area (Å²) >= 11 is 0. The molecule has 1 heterocycles. The average Bonchev–Trinajstić information content (AvgIpc) is 3.51. The summed E-state index contributed by atoms with van der Waals surface area (Å²) in [6, 6.07) is 0. The van der Waals surface area contributed by atoms with Crippen molar-refractivity contribution in [3.8, 4) is 0 Å². The van der Waals surface area contributed by atoms with Gasteiger partial charge in [-0.2, -0.15) is 0 Å². The maximum Gasteiger partial charge on any atom is 0.323 e. The number of hydrogen-bond donors (Lipinski definition) is 0. The van der Waals surface area contributed by atoms with Gasteiger partial charge in [-0.1, -0.05) is 33.6 Å². The van der Waals surface area contributed by atoms with Crippen molar-refractivity contribution in [2.75, 3.05) is 13.2 Å². The second-order valence-corrected chi connectivity index (χ2v) is 12.3. The van der Waals surface area contributed by atoms with Crippen LogP contribution in [0.5, 0.6) is 0 Å². The summed E-state index contributed by atoms with van der Waals surface area (Å²) in [7, 11) is 0. The van der Waals surface area contributed by atoms with E-state index in [2.05, 4.69) is 27.7 Å². The normalized spacial score (nSPS) is 45.0. The van der Waals surface area contributed by atoms with Crippen LogP contribution in [0.2, 0.25) is 0 Å². The molecule has 5 rings (SSSR count). The molecule has 0 amide bonds. The van der Waals surface area contributed by atoms with Gasteiger partial charge in [-0.25, -0.2) is 0 Å². The summed E-state index contributed by atoms with van der Waals surface area (Å²) in [5.41, 5.74) is -1.69. The molecule has 0 aromatic carbocycles. The van der Waals surface area contributed by atoms with Crippen molar-refractivity contribution in [3.05, 3.63) is 0 Å². The van der Waals surface area contributed by atoms with E-state index in [0.717, 1.165) is 25.7 Å². The predicted molar refractivity (Wildman–Crippen MR) is 122 cm³/mol. The van der Waals surface area contributed by atoms with Crippen molar-refractivity contribution in [1.82, 2.24) is 0 Å². The van der Waals surface area contributed by atoms with Crippen molar-refractivity contribution in [1.29, 1.82) is 0 Å². The van der Waals surface area contributed by atoms with Gasteiger partial charge in [-0.3, -0.25) is 9.59 Å². The topological polar surface area (TPSA) is 71.1 Å². The Morgan fingerprint density at radius 2 is 1.52 bits per heavy atom. The molecule has 1 spiro atoms. The SMILES string of the molecule is CCOC(=O)C1(C(=O)OCC)C[C@@H](C2CCCC2)C2(C1)OC1[C@H]3CC[C@](C)(C3(C)C)[C@]1(C)O2. The number of fused-ring (bicyclic) bond motifs is 5. The second kappa shape index (κ2) is 7.43. The van der Waals surface area contributed by atoms with Crippen LogP contribution in [0.25, 0.3) is 0 Å². The van der Waals surface area contributed by atoms with E-state index in [1.165, 1.54) is 12.8 Å². The van der Waals surface area contributed by atoms with Crippen LogP contribution in [-0.4, -0.2) is 42.6 Å². The minimum absolute atomic E-state index is 0.0117. The maximum atomic E-state index is 13.4. The molecule has 33 heavy (non-hydrogen) atoms. The lowest BCUT2D eigenvalue weighted by atomic mass is 9.65. The summed E-state index contributed by atoms with van der Waals surface area (Å²) in [5, 5.41) is 0. The third-order valence-electron chi connectivity index (χ3n) is 11.0. The first-order valence-electron chi connectivity index (χ1n) is 13.2. The number of rotatable bonds is 5. The van der Waals surface area contributed by atoms with Gasteiger partial charge < -0.3 is 18.9 Å². The molecule has 186 valence electrons. The van der Waals surface area contributed by atoms with Crippen molar-refractivity contribution < 1.29 is 28.5 Å². The molecule has 6 heteroatoms. The largest absolute Gasteiger partial charge is 0.465 e. The summed E-state index contributed by atoms with van der Waals surface area (Å²) in [4.78, 5) is 26.8. The Morgan fingerprint density at radius 3 is 2.06 bits per heavy atom. The second-order valence-electron chi connectivity index (χ2n) is 12.3. The van der Waals surface area contributed by atoms with Gasteiger partial charge in [0.05, 0.1) is 19.3 Å². The van der Waals surface area contributed by atoms with Crippen LogP contribution >= 0.6 is 0 Å². The molecule has 6 atom stereocenters. The fraction of sp³-hybridized carbons (Fsp3) is 0.926. The van der Waals surface area contributed by atoms with Crippen LogP contribution in [0.4, 0.5) is 0 Å². The number of esters is 2. The zero-order chi connectivity index (χ0) is 23.9. The maximum absolute atomic E-state index is 13.4. The zero-order valence-corrected chi connectivity index (χ0v) is 21.3. The van der Waals surface area contributed by atoms with Gasteiger partial charge in [0.15, 0.2) is 11.2 Å². The fourth-order valence-electron chi connectivity index (χ4n) is 8.83. The van der Waals surface area contributed by atoms with Crippen LogP contribution in [0, 0.1) is 34.0 Å². The van der Waals surface area contributed by atoms with Crippen LogP contribution < -0.4 is 0 Å². The molecule has 5 aliphatic rings. The third kappa shape index (κ3) is 2.80. The van der Waals surface area contributed by atoms with E-state index >= 15 is 0 Å². The lowest BCUT2D eigenvalue weighted by molar-refractivity contribution is -0.250. The molecule has 0 aromatic rings. The van der Waals surface area contributed by atoms with E-state index in [0.29, 0.717) is 18.3 Å². The van der Waals surface area contributed by atoms with Crippen molar-refractivity contribution in [2.24, 2.45) is 34.0 Å². The van der Waals surface area contributed by atoms with Gasteiger partial charge in [-0.05, 0) is 70.1 Å². The minimum Gasteiger partial charge on any atom is -0.465 e. The van der Waals surface area contributed by atoms with E-state index in [1.807, 2.05) is 0 Å². The number of hydrogen-bond acceptors (Lipinski definition) is 6. The Hall–Kier alpha value is -1.14. The molecule has 6 nitrogen and oxygen atoms in total. The highest BCUT2D eigenvalue weighted by atomic mass is 16.8. The molecule has 1 aliphatic heterocycles. The Balaban J connectivity index is 1.58. The molecule has 2 unspecified atom stereocenters. The smallest absolute Gasteiger partial charge is 0.323 e. The van der Waals surface area contributed by atoms with Crippen molar-refractivity contribution in [2.45, 2.75) is 110 Å². The van der Waals surface area contributed by atoms with E-state index < -0.39 is 28.7 Å². The monoisotopic (exact) mass is 462 g/mol. The molecule has 4 saturated carbocycles. The van der Waals surface area contributed by atoms with Crippen LogP contribution in [-0.2, 0) is 28.5 Å². The molecule has 0 radical (unpaired) electrons. The van der Waals surface area contributed by atoms with Crippen LogP contribution in [0.15, 0.2) is 0 Å². The molecule has 5 fully saturated rings. The summed E-state index contributed by atoms with van der Waals surface area (Å²) in [6.45, 7) is 13.3. The molecule has 0 N–H and O–H groups in total. The number of carbonyl (C=O) groups excluding carboxylic acids is 2. The van der Waals surface area contributed by atoms with Gasteiger partial charge in [0, 0.05) is 17.8 Å². The number of ether oxygens (including phenoxy) is 4. The van der Waals surface area contributed by atoms with Gasteiger partial charge in [0.25, 0.3) is 0 Å². The van der Waals surface area contributed by atoms with Gasteiger partial charge in [0.1, 0.15) is 5.60 Å². The molecule has 4 aliphatic carbocycles. The molecule has 0 aromatic heterocycles. The summed E-state index contributed by atoms with van der Waals surface area (Å²) < 4.78 is 25.2. The molecular formula is C27H42O6. The van der Waals surface area contributed by atoms with Crippen molar-refractivity contribution >= 4 is 11.9 Å². The Morgan fingerprint density at radius 1 is 0.909 bits per heavy atom. The minimum atomic E-state index is -1.36. The first-order chi connectivity index (χ1) is 15.5. The van der Waals surface area contributed by atoms with Gasteiger partial charge in [-0.15, -0.1) is 0 Å². The highest BCUT2D eigenvalue weighted by Crippen LogP contribution is 2.76. The fourth-order valence-corrected chi connectivity index (χ4v) is 8.83. The molecule has 2 bridgehead atoms. The molecule has 1 saturated heterocycles. The lowest BCUT2D eigenvalue weighted by Crippen LogP contribution is -2.51. The van der Waals surface area contributed by atoms with Gasteiger partial charge in [0.2, 0.25) is 0 Å². The quantitative estimate of drug-likeness (QED) is 0.422. The standard InChI is InChI=1S/C27H42O6/c1-7-30-21(28)26(22(29)31-8-2)15-19(17-11-9-10-12-17)27(16-26)32-20-18-13-14-24(5,23(18,3)4)25(20,6)33-27/h17-20H,7-16H2,1-6H3/t18-,19+,20?,24-,25-,27?/m1/s1. The van der Waals surface area contributed by atoms with Crippen LogP contribution in [0.3, 0.4) is 0 Å². The highest BCUT2D eigenvalue weighted by molar-refractivity contribution is 6.00. The van der Waals surface area contributed by atoms with E-state index in [-0.39, 0.29) is 42.5 Å².